The first-order valence-electron chi connectivity index (χ1n) is 7.70. The van der Waals surface area contributed by atoms with E-state index in [0.29, 0.717) is 24.0 Å². The van der Waals surface area contributed by atoms with E-state index in [-0.39, 0.29) is 6.54 Å². The summed E-state index contributed by atoms with van der Waals surface area (Å²) in [5.41, 5.74) is 0.535. The second kappa shape index (κ2) is 7.02. The van der Waals surface area contributed by atoms with E-state index in [1.165, 1.54) is 10.5 Å². The zero-order valence-corrected chi connectivity index (χ0v) is 14.1. The number of aryl methyl sites for hydroxylation is 1. The number of hydrogen-bond donors (Lipinski definition) is 2. The van der Waals surface area contributed by atoms with Crippen molar-refractivity contribution in [3.8, 4) is 0 Å². The first-order valence-corrected chi connectivity index (χ1v) is 7.70. The number of nitrogens with one attached hydrogen (secondary N) is 2. The fourth-order valence-corrected chi connectivity index (χ4v) is 2.36. The zero-order valence-electron chi connectivity index (χ0n) is 14.1. The number of pyridine rings is 1. The van der Waals surface area contributed by atoms with Crippen LogP contribution in [0, 0.1) is 0 Å². The van der Waals surface area contributed by atoms with Crippen LogP contribution in [0.5, 0.6) is 0 Å². The van der Waals surface area contributed by atoms with E-state index in [1.54, 1.807) is 17.9 Å². The van der Waals surface area contributed by atoms with Crippen LogP contribution in [0.4, 0.5) is 13.2 Å². The molecule has 0 fully saturated rings. The quantitative estimate of drug-likeness (QED) is 0.538. The van der Waals surface area contributed by atoms with Crippen LogP contribution in [-0.2, 0) is 26.3 Å². The van der Waals surface area contributed by atoms with Crippen molar-refractivity contribution in [2.24, 2.45) is 12.0 Å². The second-order valence-corrected chi connectivity index (χ2v) is 5.49. The third-order valence-electron chi connectivity index (χ3n) is 3.80. The summed E-state index contributed by atoms with van der Waals surface area (Å²) in [5.74, 6) is 0.824. The molecular formula is C15H17F3N8. The van der Waals surface area contributed by atoms with E-state index < -0.39 is 11.7 Å². The van der Waals surface area contributed by atoms with Crippen molar-refractivity contribution in [3.05, 3.63) is 47.7 Å². The number of alkyl halides is 3. The maximum Gasteiger partial charge on any atom is 0.417 e. The van der Waals surface area contributed by atoms with E-state index in [4.69, 9.17) is 0 Å². The fraction of sp³-hybridized carbons (Fsp3) is 0.333. The van der Waals surface area contributed by atoms with Gasteiger partial charge in [0.25, 0.3) is 0 Å². The Kier molecular flexibility index (Phi) is 4.78. The summed E-state index contributed by atoms with van der Waals surface area (Å²) < 4.78 is 41.7. The highest BCUT2D eigenvalue weighted by atomic mass is 19.4. The number of rotatable bonds is 4. The van der Waals surface area contributed by atoms with Crippen LogP contribution >= 0.6 is 0 Å². The molecule has 0 saturated heterocycles. The summed E-state index contributed by atoms with van der Waals surface area (Å²) in [4.78, 5) is 4.08. The van der Waals surface area contributed by atoms with E-state index >= 15 is 0 Å². The highest BCUT2D eigenvalue weighted by molar-refractivity contribution is 5.79. The van der Waals surface area contributed by atoms with Gasteiger partial charge >= 0.3 is 6.18 Å². The molecule has 0 aliphatic carbocycles. The predicted molar refractivity (Wildman–Crippen MR) is 88.2 cm³/mol. The van der Waals surface area contributed by atoms with Gasteiger partial charge in [-0.1, -0.05) is 0 Å². The van der Waals surface area contributed by atoms with Crippen molar-refractivity contribution in [2.75, 3.05) is 7.05 Å². The number of halogens is 3. The van der Waals surface area contributed by atoms with E-state index in [1.807, 2.05) is 13.1 Å². The number of fused-ring (bicyclic) bond motifs is 1. The van der Waals surface area contributed by atoms with Gasteiger partial charge < -0.3 is 10.6 Å². The molecule has 8 nitrogen and oxygen atoms in total. The molecule has 0 atom stereocenters. The van der Waals surface area contributed by atoms with Crippen LogP contribution in [-0.4, -0.2) is 37.4 Å². The summed E-state index contributed by atoms with van der Waals surface area (Å²) >= 11 is 0. The van der Waals surface area contributed by atoms with Gasteiger partial charge in [-0.25, -0.2) is 0 Å². The van der Waals surface area contributed by atoms with Gasteiger partial charge in [-0.05, 0) is 18.2 Å². The van der Waals surface area contributed by atoms with Gasteiger partial charge in [0.2, 0.25) is 0 Å². The predicted octanol–water partition coefficient (Wildman–Crippen LogP) is 1.35. The van der Waals surface area contributed by atoms with Crippen molar-refractivity contribution in [1.29, 1.82) is 0 Å². The van der Waals surface area contributed by atoms with Crippen molar-refractivity contribution in [2.45, 2.75) is 19.3 Å². The maximum atomic E-state index is 12.9. The van der Waals surface area contributed by atoms with Crippen molar-refractivity contribution < 1.29 is 13.2 Å². The monoisotopic (exact) mass is 366 g/mol. The Labute approximate surface area is 146 Å². The highest BCUT2D eigenvalue weighted by Gasteiger charge is 2.31. The molecule has 0 unspecified atom stereocenters. The van der Waals surface area contributed by atoms with Gasteiger partial charge in [0, 0.05) is 26.5 Å². The average molecular weight is 366 g/mol. The zero-order chi connectivity index (χ0) is 18.7. The topological polar surface area (TPSA) is 84.4 Å². The minimum atomic E-state index is -4.43. The Morgan fingerprint density at radius 1 is 1.15 bits per heavy atom. The first-order chi connectivity index (χ1) is 12.4. The fourth-order valence-electron chi connectivity index (χ4n) is 2.36. The molecule has 138 valence electrons. The summed E-state index contributed by atoms with van der Waals surface area (Å²) in [6.07, 6.45) is -1.75. The van der Waals surface area contributed by atoms with Crippen LogP contribution in [0.15, 0.2) is 35.6 Å². The van der Waals surface area contributed by atoms with Crippen LogP contribution in [0.1, 0.15) is 17.1 Å². The Morgan fingerprint density at radius 2 is 1.92 bits per heavy atom. The molecule has 0 aliphatic rings. The third-order valence-corrected chi connectivity index (χ3v) is 3.80. The van der Waals surface area contributed by atoms with Gasteiger partial charge in [0.15, 0.2) is 17.4 Å². The van der Waals surface area contributed by atoms with Gasteiger partial charge in [-0.3, -0.25) is 14.1 Å². The van der Waals surface area contributed by atoms with Crippen LogP contribution in [0.3, 0.4) is 0 Å². The molecule has 0 amide bonds. The molecule has 11 heteroatoms. The average Bonchev–Trinajstić information content (AvgIpc) is 3.20. The molecular weight excluding hydrogens is 349 g/mol. The third kappa shape index (κ3) is 3.76. The molecule has 3 aromatic rings. The molecule has 0 saturated carbocycles. The summed E-state index contributed by atoms with van der Waals surface area (Å²) in [6.45, 7) is 0.655. The lowest BCUT2D eigenvalue weighted by Gasteiger charge is -2.12. The Hall–Kier alpha value is -3.11. The Balaban J connectivity index is 1.69. The summed E-state index contributed by atoms with van der Waals surface area (Å²) in [5, 5.41) is 18.0. The number of nitrogens with zero attached hydrogens (tertiary/aromatic N) is 6. The number of aliphatic imine (C=N–C) groups is 1. The number of aromatic nitrogens is 5. The van der Waals surface area contributed by atoms with Crippen molar-refractivity contribution >= 4 is 11.6 Å². The molecule has 0 spiro atoms. The number of hydrogen-bond acceptors (Lipinski definition) is 4. The smallest absolute Gasteiger partial charge is 0.351 e. The molecule has 3 heterocycles. The lowest BCUT2D eigenvalue weighted by atomic mass is 10.3. The minimum Gasteiger partial charge on any atom is -0.351 e. The first kappa shape index (κ1) is 17.7. The van der Waals surface area contributed by atoms with Gasteiger partial charge in [0.05, 0.1) is 24.3 Å². The highest BCUT2D eigenvalue weighted by Crippen LogP contribution is 2.29. The number of guanidine groups is 1. The summed E-state index contributed by atoms with van der Waals surface area (Å²) in [7, 11) is 3.43. The largest absolute Gasteiger partial charge is 0.417 e. The molecule has 2 N–H and O–H groups in total. The van der Waals surface area contributed by atoms with Crippen LogP contribution < -0.4 is 10.6 Å². The van der Waals surface area contributed by atoms with Gasteiger partial charge in [-0.2, -0.15) is 18.3 Å². The molecule has 0 aliphatic heterocycles. The van der Waals surface area contributed by atoms with Crippen molar-refractivity contribution in [3.63, 3.8) is 0 Å². The molecule has 3 rings (SSSR count). The molecule has 0 bridgehead atoms. The SMILES string of the molecule is CN=C(NCc1ccnn1C)NCc1nnc2ccc(C(F)(F)F)cn12. The Bertz CT molecular complexity index is 925. The summed E-state index contributed by atoms with van der Waals surface area (Å²) in [6, 6.07) is 4.13. The lowest BCUT2D eigenvalue weighted by molar-refractivity contribution is -0.137. The van der Waals surface area contributed by atoms with Gasteiger partial charge in [-0.15, -0.1) is 10.2 Å². The minimum absolute atomic E-state index is 0.160. The molecule has 3 aromatic heterocycles. The van der Waals surface area contributed by atoms with E-state index in [0.717, 1.165) is 18.0 Å². The molecule has 0 aromatic carbocycles. The van der Waals surface area contributed by atoms with Gasteiger partial charge in [0.1, 0.15) is 0 Å². The maximum absolute atomic E-state index is 12.9. The van der Waals surface area contributed by atoms with E-state index in [9.17, 15) is 13.2 Å². The molecule has 26 heavy (non-hydrogen) atoms. The lowest BCUT2D eigenvalue weighted by Crippen LogP contribution is -2.37. The normalized spacial score (nSPS) is 12.6. The van der Waals surface area contributed by atoms with Crippen LogP contribution in [0.25, 0.3) is 5.65 Å². The van der Waals surface area contributed by atoms with E-state index in [2.05, 4.69) is 30.9 Å². The Morgan fingerprint density at radius 3 is 2.58 bits per heavy atom. The standard InChI is InChI=1S/C15H17F3N8/c1-19-14(20-7-11-5-6-22-25(11)2)21-8-13-24-23-12-4-3-10(9-26(12)13)15(16,17)18/h3-6,9H,7-8H2,1-2H3,(H2,19,20,21). The second-order valence-electron chi connectivity index (χ2n) is 5.49. The van der Waals surface area contributed by atoms with Crippen LogP contribution in [0.2, 0.25) is 0 Å². The molecule has 0 radical (unpaired) electrons. The van der Waals surface area contributed by atoms with Crippen molar-refractivity contribution in [1.82, 2.24) is 35.0 Å².